The van der Waals surface area contributed by atoms with Crippen molar-refractivity contribution in [3.8, 4) is 0 Å². The van der Waals surface area contributed by atoms with E-state index >= 15 is 0 Å². The van der Waals surface area contributed by atoms with Gasteiger partial charge in [-0.05, 0) is 42.7 Å². The molecule has 0 aliphatic carbocycles. The Kier molecular flexibility index (Phi) is 8.97. The zero-order valence-corrected chi connectivity index (χ0v) is 18.7. The number of amides is 1. The fourth-order valence-electron chi connectivity index (χ4n) is 4.11. The number of quaternary nitrogens is 1. The Bertz CT molecular complexity index is 763. The molecule has 1 N–H and O–H groups in total. The second-order valence-electron chi connectivity index (χ2n) is 8.46. The quantitative estimate of drug-likeness (QED) is 0.577. The lowest BCUT2D eigenvalue weighted by atomic mass is 10.0. The summed E-state index contributed by atoms with van der Waals surface area (Å²) < 4.78 is 7.56. The molecule has 1 fully saturated rings. The molecule has 30 heavy (non-hydrogen) atoms. The summed E-state index contributed by atoms with van der Waals surface area (Å²) >= 11 is 0. The second kappa shape index (κ2) is 11.9. The number of aromatic nitrogens is 1. The second-order valence-corrected chi connectivity index (χ2v) is 8.46. The van der Waals surface area contributed by atoms with Crippen molar-refractivity contribution in [1.29, 1.82) is 0 Å². The Morgan fingerprint density at radius 2 is 1.87 bits per heavy atom. The van der Waals surface area contributed by atoms with Crippen LogP contribution in [0.3, 0.4) is 0 Å². The van der Waals surface area contributed by atoms with E-state index in [1.54, 1.807) is 4.90 Å². The SMILES string of the molecule is CCCCCc1ccc(C(=O)N(CCC[NH+]2CCOCC2)Cc2cccn2C)cc1. The molecule has 164 valence electrons. The maximum atomic E-state index is 13.3. The van der Waals surface area contributed by atoms with E-state index in [0.717, 1.165) is 57.8 Å². The first-order valence-corrected chi connectivity index (χ1v) is 11.6. The van der Waals surface area contributed by atoms with Crippen LogP contribution in [0.2, 0.25) is 0 Å². The number of hydrogen-bond acceptors (Lipinski definition) is 2. The Hall–Kier alpha value is -2.11. The Morgan fingerprint density at radius 3 is 2.53 bits per heavy atom. The molecule has 0 unspecified atom stereocenters. The van der Waals surface area contributed by atoms with E-state index in [2.05, 4.69) is 29.7 Å². The summed E-state index contributed by atoms with van der Waals surface area (Å²) in [6.45, 7) is 8.61. The van der Waals surface area contributed by atoms with Gasteiger partial charge in [0.05, 0.1) is 26.3 Å². The van der Waals surface area contributed by atoms with Crippen LogP contribution in [0.5, 0.6) is 0 Å². The predicted molar refractivity (Wildman–Crippen MR) is 121 cm³/mol. The molecule has 1 aliphatic rings. The zero-order valence-electron chi connectivity index (χ0n) is 18.7. The zero-order chi connectivity index (χ0) is 21.2. The van der Waals surface area contributed by atoms with Crippen LogP contribution in [0.1, 0.15) is 54.2 Å². The molecule has 1 amide bonds. The molecule has 1 saturated heterocycles. The van der Waals surface area contributed by atoms with Crippen LogP contribution in [0.4, 0.5) is 0 Å². The number of morpholine rings is 1. The number of carbonyl (C=O) groups excluding carboxylic acids is 1. The Morgan fingerprint density at radius 1 is 1.10 bits per heavy atom. The molecule has 5 nitrogen and oxygen atoms in total. The summed E-state index contributed by atoms with van der Waals surface area (Å²) in [7, 11) is 2.04. The van der Waals surface area contributed by atoms with Crippen LogP contribution < -0.4 is 4.90 Å². The predicted octanol–water partition coefficient (Wildman–Crippen LogP) is 2.71. The van der Waals surface area contributed by atoms with Crippen molar-refractivity contribution < 1.29 is 14.4 Å². The van der Waals surface area contributed by atoms with E-state index in [1.807, 2.05) is 36.3 Å². The fraction of sp³-hybridized carbons (Fsp3) is 0.560. The number of nitrogens with one attached hydrogen (secondary N) is 1. The van der Waals surface area contributed by atoms with Crippen molar-refractivity contribution in [1.82, 2.24) is 9.47 Å². The molecule has 0 spiro atoms. The minimum atomic E-state index is 0.133. The number of rotatable bonds is 11. The molecule has 1 aromatic heterocycles. The van der Waals surface area contributed by atoms with Gasteiger partial charge >= 0.3 is 0 Å². The van der Waals surface area contributed by atoms with E-state index in [-0.39, 0.29) is 5.91 Å². The molecule has 3 rings (SSSR count). The lowest BCUT2D eigenvalue weighted by Crippen LogP contribution is -3.14. The summed E-state index contributed by atoms with van der Waals surface area (Å²) in [6, 6.07) is 12.4. The summed E-state index contributed by atoms with van der Waals surface area (Å²) in [5.41, 5.74) is 3.28. The molecule has 2 heterocycles. The third-order valence-corrected chi connectivity index (χ3v) is 6.12. The Balaban J connectivity index is 1.62. The maximum absolute atomic E-state index is 13.3. The molecule has 2 aromatic rings. The van der Waals surface area contributed by atoms with Crippen LogP contribution in [0.15, 0.2) is 42.6 Å². The highest BCUT2D eigenvalue weighted by atomic mass is 16.5. The molecule has 1 aromatic carbocycles. The minimum Gasteiger partial charge on any atom is -0.370 e. The van der Waals surface area contributed by atoms with Gasteiger partial charge in [0.1, 0.15) is 13.1 Å². The van der Waals surface area contributed by atoms with Crippen LogP contribution in [0.25, 0.3) is 0 Å². The molecule has 0 saturated carbocycles. The van der Waals surface area contributed by atoms with Gasteiger partial charge in [0.15, 0.2) is 0 Å². The van der Waals surface area contributed by atoms with Crippen molar-refractivity contribution >= 4 is 5.91 Å². The first kappa shape index (κ1) is 22.6. The summed E-state index contributed by atoms with van der Waals surface area (Å²) in [4.78, 5) is 16.9. The van der Waals surface area contributed by atoms with Gasteiger partial charge in [-0.25, -0.2) is 0 Å². The number of carbonyl (C=O) groups is 1. The molecular weight excluding hydrogens is 374 g/mol. The molecular formula is C25H38N3O2+. The van der Waals surface area contributed by atoms with Crippen LogP contribution >= 0.6 is 0 Å². The molecule has 1 aliphatic heterocycles. The van der Waals surface area contributed by atoms with Gasteiger partial charge in [-0.2, -0.15) is 0 Å². The summed E-state index contributed by atoms with van der Waals surface area (Å²) in [5.74, 6) is 0.133. The highest BCUT2D eigenvalue weighted by molar-refractivity contribution is 5.94. The minimum absolute atomic E-state index is 0.133. The average Bonchev–Trinajstić information content (AvgIpc) is 3.18. The highest BCUT2D eigenvalue weighted by Crippen LogP contribution is 2.14. The number of benzene rings is 1. The lowest BCUT2D eigenvalue weighted by Gasteiger charge is -2.26. The van der Waals surface area contributed by atoms with Crippen molar-refractivity contribution in [2.24, 2.45) is 7.05 Å². The van der Waals surface area contributed by atoms with Crippen molar-refractivity contribution in [2.45, 2.75) is 45.6 Å². The van der Waals surface area contributed by atoms with E-state index in [1.165, 1.54) is 30.5 Å². The van der Waals surface area contributed by atoms with Gasteiger partial charge < -0.3 is 19.1 Å². The Labute approximate surface area is 181 Å². The third kappa shape index (κ3) is 6.71. The van der Waals surface area contributed by atoms with Gasteiger partial charge in [0, 0.05) is 37.5 Å². The van der Waals surface area contributed by atoms with Crippen molar-refractivity contribution in [2.75, 3.05) is 39.4 Å². The van der Waals surface area contributed by atoms with Crippen molar-refractivity contribution in [3.63, 3.8) is 0 Å². The van der Waals surface area contributed by atoms with Gasteiger partial charge in [0.25, 0.3) is 5.91 Å². The van der Waals surface area contributed by atoms with Gasteiger partial charge in [-0.15, -0.1) is 0 Å². The van der Waals surface area contributed by atoms with E-state index in [0.29, 0.717) is 6.54 Å². The van der Waals surface area contributed by atoms with E-state index in [4.69, 9.17) is 4.74 Å². The van der Waals surface area contributed by atoms with Gasteiger partial charge in [-0.3, -0.25) is 4.79 Å². The number of nitrogens with zero attached hydrogens (tertiary/aromatic N) is 2. The number of ether oxygens (including phenoxy) is 1. The lowest BCUT2D eigenvalue weighted by molar-refractivity contribution is -0.908. The maximum Gasteiger partial charge on any atom is 0.254 e. The smallest absolute Gasteiger partial charge is 0.254 e. The number of hydrogen-bond donors (Lipinski definition) is 1. The van der Waals surface area contributed by atoms with Gasteiger partial charge in [-0.1, -0.05) is 31.9 Å². The molecule has 0 bridgehead atoms. The number of aryl methyl sites for hydroxylation is 2. The van der Waals surface area contributed by atoms with Crippen molar-refractivity contribution in [3.05, 3.63) is 59.4 Å². The average molecular weight is 413 g/mol. The van der Waals surface area contributed by atoms with Crippen LogP contribution in [0, 0.1) is 0 Å². The van der Waals surface area contributed by atoms with Crippen LogP contribution in [-0.2, 0) is 24.8 Å². The summed E-state index contributed by atoms with van der Waals surface area (Å²) in [6.07, 6.45) is 7.86. The van der Waals surface area contributed by atoms with Gasteiger partial charge in [0.2, 0.25) is 0 Å². The van der Waals surface area contributed by atoms with Crippen LogP contribution in [-0.4, -0.2) is 54.8 Å². The highest BCUT2D eigenvalue weighted by Gasteiger charge is 2.19. The molecule has 0 atom stereocenters. The molecule has 5 heteroatoms. The largest absolute Gasteiger partial charge is 0.370 e. The first-order chi connectivity index (χ1) is 14.7. The third-order valence-electron chi connectivity index (χ3n) is 6.12. The summed E-state index contributed by atoms with van der Waals surface area (Å²) in [5, 5.41) is 0. The molecule has 0 radical (unpaired) electrons. The standard InChI is InChI=1S/C25H37N3O2/c1-3-4-5-8-22-10-12-23(13-11-22)25(29)28(21-24-9-6-14-26(24)2)16-7-15-27-17-19-30-20-18-27/h6,9-14H,3-5,7-8,15-21H2,1-2H3/p+1. The topological polar surface area (TPSA) is 38.9 Å². The van der Waals surface area contributed by atoms with E-state index < -0.39 is 0 Å². The normalized spacial score (nSPS) is 14.7. The fourth-order valence-corrected chi connectivity index (χ4v) is 4.11. The monoisotopic (exact) mass is 412 g/mol. The van der Waals surface area contributed by atoms with E-state index in [9.17, 15) is 4.79 Å². The first-order valence-electron chi connectivity index (χ1n) is 11.6. The number of unbranched alkanes of at least 4 members (excludes halogenated alkanes) is 2.